The summed E-state index contributed by atoms with van der Waals surface area (Å²) in [7, 11) is 0. The van der Waals surface area contributed by atoms with Crippen LogP contribution in [0, 0.1) is 28.2 Å². The maximum absolute atomic E-state index is 13.9. The van der Waals surface area contributed by atoms with E-state index in [4.69, 9.17) is 4.74 Å². The highest BCUT2D eigenvalue weighted by Crippen LogP contribution is 2.30. The van der Waals surface area contributed by atoms with Crippen LogP contribution < -0.4 is 9.46 Å². The number of nitroso groups, excluding NO2 is 1. The lowest BCUT2D eigenvalue weighted by atomic mass is 10.2. The molecule has 0 saturated carbocycles. The van der Waals surface area contributed by atoms with Crippen LogP contribution in [0.15, 0.2) is 52.7 Å². The van der Waals surface area contributed by atoms with Crippen molar-refractivity contribution in [1.82, 2.24) is 9.97 Å². The van der Waals surface area contributed by atoms with Crippen LogP contribution in [0.25, 0.3) is 0 Å². The standard InChI is InChI=1S/C17H10F4N4O2S/c18-10-5-9(6-11(19)15(10)21)8-27-17-22-7-12(20)16(23-17)25-28-14-4-2-1-3-13(14)24-26/h1-7H,8H2,(H,22,23,25). The minimum absolute atomic E-state index is 0.000746. The lowest BCUT2D eigenvalue weighted by Gasteiger charge is -2.09. The van der Waals surface area contributed by atoms with Gasteiger partial charge in [0.05, 0.1) is 11.1 Å². The van der Waals surface area contributed by atoms with Gasteiger partial charge in [0.2, 0.25) is 0 Å². The molecule has 2 aromatic carbocycles. The van der Waals surface area contributed by atoms with Gasteiger partial charge in [0.25, 0.3) is 0 Å². The molecule has 1 heterocycles. The van der Waals surface area contributed by atoms with Crippen molar-refractivity contribution in [2.24, 2.45) is 5.18 Å². The van der Waals surface area contributed by atoms with Gasteiger partial charge in [-0.15, -0.1) is 4.91 Å². The predicted octanol–water partition coefficient (Wildman–Crippen LogP) is 5.13. The molecule has 0 radical (unpaired) electrons. The smallest absolute Gasteiger partial charge is 0.318 e. The van der Waals surface area contributed by atoms with E-state index in [1.165, 1.54) is 6.07 Å². The van der Waals surface area contributed by atoms with Gasteiger partial charge in [0, 0.05) is 0 Å². The van der Waals surface area contributed by atoms with Crippen molar-refractivity contribution >= 4 is 23.5 Å². The molecule has 0 saturated heterocycles. The largest absolute Gasteiger partial charge is 0.459 e. The van der Waals surface area contributed by atoms with E-state index in [0.717, 1.165) is 30.3 Å². The van der Waals surface area contributed by atoms with Gasteiger partial charge in [0.1, 0.15) is 12.3 Å². The number of nitrogens with zero attached hydrogens (tertiary/aromatic N) is 3. The highest BCUT2D eigenvalue weighted by atomic mass is 32.2. The second-order valence-corrected chi connectivity index (χ2v) is 6.12. The zero-order chi connectivity index (χ0) is 20.1. The maximum Gasteiger partial charge on any atom is 0.318 e. The van der Waals surface area contributed by atoms with Crippen LogP contribution in [0.1, 0.15) is 5.56 Å². The van der Waals surface area contributed by atoms with Crippen molar-refractivity contribution in [3.63, 3.8) is 0 Å². The summed E-state index contributed by atoms with van der Waals surface area (Å²) in [5.41, 5.74) is 0.158. The molecule has 0 amide bonds. The molecule has 3 aromatic rings. The van der Waals surface area contributed by atoms with Crippen molar-refractivity contribution < 1.29 is 22.3 Å². The Morgan fingerprint density at radius 2 is 1.79 bits per heavy atom. The summed E-state index contributed by atoms with van der Waals surface area (Å²) in [5.74, 6) is -5.35. The normalized spacial score (nSPS) is 10.6. The van der Waals surface area contributed by atoms with Gasteiger partial charge < -0.3 is 9.46 Å². The number of hydrogen-bond acceptors (Lipinski definition) is 7. The number of nitrogens with one attached hydrogen (secondary N) is 1. The molecular formula is C17H10F4N4O2S. The molecule has 6 nitrogen and oxygen atoms in total. The Morgan fingerprint density at radius 1 is 1.07 bits per heavy atom. The second kappa shape index (κ2) is 8.65. The molecule has 1 N–H and O–H groups in total. The molecule has 144 valence electrons. The van der Waals surface area contributed by atoms with E-state index in [0.29, 0.717) is 4.90 Å². The van der Waals surface area contributed by atoms with Crippen molar-refractivity contribution in [2.45, 2.75) is 11.5 Å². The molecule has 28 heavy (non-hydrogen) atoms. The van der Waals surface area contributed by atoms with Gasteiger partial charge in [-0.1, -0.05) is 12.1 Å². The lowest BCUT2D eigenvalue weighted by Crippen LogP contribution is -2.04. The Balaban J connectivity index is 1.70. The van der Waals surface area contributed by atoms with Crippen LogP contribution in [-0.4, -0.2) is 9.97 Å². The Labute approximate surface area is 160 Å². The first kappa shape index (κ1) is 19.5. The average Bonchev–Trinajstić information content (AvgIpc) is 2.70. The van der Waals surface area contributed by atoms with Gasteiger partial charge in [-0.05, 0) is 47.0 Å². The van der Waals surface area contributed by atoms with E-state index in [2.05, 4.69) is 19.9 Å². The molecular weight excluding hydrogens is 400 g/mol. The monoisotopic (exact) mass is 410 g/mol. The topological polar surface area (TPSA) is 76.5 Å². The number of halogens is 4. The van der Waals surface area contributed by atoms with Gasteiger partial charge in [-0.3, -0.25) is 0 Å². The number of ether oxygens (including phenoxy) is 1. The quantitative estimate of drug-likeness (QED) is 0.252. The summed E-state index contributed by atoms with van der Waals surface area (Å²) in [6.07, 6.45) is 0.834. The molecule has 0 bridgehead atoms. The number of anilines is 1. The molecule has 1 aromatic heterocycles. The van der Waals surface area contributed by atoms with E-state index >= 15 is 0 Å². The summed E-state index contributed by atoms with van der Waals surface area (Å²) >= 11 is 0.897. The molecule has 3 rings (SSSR count). The minimum atomic E-state index is -1.59. The van der Waals surface area contributed by atoms with Gasteiger partial charge >= 0.3 is 6.01 Å². The highest BCUT2D eigenvalue weighted by molar-refractivity contribution is 8.00. The summed E-state index contributed by atoms with van der Waals surface area (Å²) in [6.45, 7) is -0.371. The first-order chi connectivity index (χ1) is 13.5. The van der Waals surface area contributed by atoms with E-state index in [1.54, 1.807) is 18.2 Å². The molecule has 0 atom stereocenters. The Morgan fingerprint density at radius 3 is 2.50 bits per heavy atom. The van der Waals surface area contributed by atoms with Gasteiger partial charge in [-0.25, -0.2) is 22.5 Å². The zero-order valence-electron chi connectivity index (χ0n) is 13.8. The zero-order valence-corrected chi connectivity index (χ0v) is 14.6. The third-order valence-electron chi connectivity index (χ3n) is 3.35. The highest BCUT2D eigenvalue weighted by Gasteiger charge is 2.13. The summed E-state index contributed by atoms with van der Waals surface area (Å²) in [6, 6.07) is 7.63. The van der Waals surface area contributed by atoms with Crippen LogP contribution in [-0.2, 0) is 6.61 Å². The van der Waals surface area contributed by atoms with Crippen molar-refractivity contribution in [3.05, 3.63) is 76.3 Å². The number of benzene rings is 2. The third kappa shape index (κ3) is 4.55. The fraction of sp³-hybridized carbons (Fsp3) is 0.0588. The predicted molar refractivity (Wildman–Crippen MR) is 94.0 cm³/mol. The van der Waals surface area contributed by atoms with Crippen LogP contribution in [0.3, 0.4) is 0 Å². The molecule has 0 aliphatic rings. The van der Waals surface area contributed by atoms with Crippen molar-refractivity contribution in [2.75, 3.05) is 4.72 Å². The summed E-state index contributed by atoms with van der Waals surface area (Å²) < 4.78 is 61.0. The van der Waals surface area contributed by atoms with Gasteiger partial charge in [-0.2, -0.15) is 4.98 Å². The first-order valence-corrected chi connectivity index (χ1v) is 8.43. The van der Waals surface area contributed by atoms with Crippen LogP contribution in [0.4, 0.5) is 29.1 Å². The number of rotatable bonds is 7. The van der Waals surface area contributed by atoms with Crippen LogP contribution in [0.2, 0.25) is 0 Å². The van der Waals surface area contributed by atoms with Crippen molar-refractivity contribution in [3.8, 4) is 6.01 Å². The van der Waals surface area contributed by atoms with E-state index in [-0.39, 0.29) is 29.7 Å². The van der Waals surface area contributed by atoms with Crippen molar-refractivity contribution in [1.29, 1.82) is 0 Å². The van der Waals surface area contributed by atoms with Crippen LogP contribution >= 0.6 is 11.9 Å². The second-order valence-electron chi connectivity index (χ2n) is 5.27. The summed E-state index contributed by atoms with van der Waals surface area (Å²) in [5, 5.41) is 2.86. The van der Waals surface area contributed by atoms with E-state index < -0.39 is 23.3 Å². The first-order valence-electron chi connectivity index (χ1n) is 7.62. The average molecular weight is 410 g/mol. The Kier molecular flexibility index (Phi) is 6.04. The Bertz CT molecular complexity index is 999. The molecule has 0 unspecified atom stereocenters. The van der Waals surface area contributed by atoms with E-state index in [9.17, 15) is 22.5 Å². The summed E-state index contributed by atoms with van der Waals surface area (Å²) in [4.78, 5) is 18.6. The molecule has 0 aliphatic heterocycles. The fourth-order valence-corrected chi connectivity index (χ4v) is 2.76. The van der Waals surface area contributed by atoms with E-state index in [1.807, 2.05) is 0 Å². The Hall–Kier alpha value is -3.21. The number of aromatic nitrogens is 2. The molecule has 0 aliphatic carbocycles. The maximum atomic E-state index is 13.9. The molecule has 11 heteroatoms. The fourth-order valence-electron chi connectivity index (χ4n) is 2.05. The number of hydrogen-bond donors (Lipinski definition) is 1. The SMILES string of the molecule is O=Nc1ccccc1SNc1nc(OCc2cc(F)c(F)c(F)c2)ncc1F. The minimum Gasteiger partial charge on any atom is -0.459 e. The lowest BCUT2D eigenvalue weighted by molar-refractivity contribution is 0.278. The molecule has 0 spiro atoms. The third-order valence-corrected chi connectivity index (χ3v) is 4.22. The van der Waals surface area contributed by atoms with Gasteiger partial charge in [0.15, 0.2) is 29.1 Å². The molecule has 0 fully saturated rings. The van der Waals surface area contributed by atoms with Crippen LogP contribution in [0.5, 0.6) is 6.01 Å².